The number of hydrogen-bond acceptors (Lipinski definition) is 5. The molecular formula is C24H27F2NO5. The van der Waals surface area contributed by atoms with Gasteiger partial charge in [-0.2, -0.15) is 0 Å². The molecule has 0 radical (unpaired) electrons. The lowest BCUT2D eigenvalue weighted by Crippen LogP contribution is -2.60. The first-order valence-electron chi connectivity index (χ1n) is 10.0. The van der Waals surface area contributed by atoms with Gasteiger partial charge in [0.25, 0.3) is 12.3 Å². The Labute approximate surface area is 185 Å². The highest BCUT2D eigenvalue weighted by Gasteiger charge is 2.46. The number of Topliss-reactive ketones (excluding diaryl/α,β-unsaturated/α-hetero) is 1. The number of halogens is 2. The van der Waals surface area contributed by atoms with Gasteiger partial charge in [-0.05, 0) is 51.0 Å². The Balaban J connectivity index is 2.19. The van der Waals surface area contributed by atoms with E-state index in [4.69, 9.17) is 4.74 Å². The van der Waals surface area contributed by atoms with Gasteiger partial charge in [0.1, 0.15) is 11.6 Å². The molecule has 0 aromatic heterocycles. The quantitative estimate of drug-likeness (QED) is 0.603. The predicted molar refractivity (Wildman–Crippen MR) is 115 cm³/mol. The third kappa shape index (κ3) is 6.20. The first kappa shape index (κ1) is 25.1. The first-order chi connectivity index (χ1) is 14.8. The lowest BCUT2D eigenvalue weighted by Gasteiger charge is -2.31. The van der Waals surface area contributed by atoms with E-state index in [1.807, 2.05) is 30.3 Å². The topological polar surface area (TPSA) is 92.7 Å². The number of carbonyl (C=O) groups is 3. The Morgan fingerprint density at radius 2 is 1.47 bits per heavy atom. The van der Waals surface area contributed by atoms with Gasteiger partial charge in [-0.25, -0.2) is 8.78 Å². The SMILES string of the molecule is CC(C)(C)C(=O)OCC(=O)[C@@H](NC(=O)c1ccc(-c2ccccc2)cc1)[C@](C)(O)C(F)F. The molecule has 2 rings (SSSR count). The predicted octanol–water partition coefficient (Wildman–Crippen LogP) is 3.63. The summed E-state index contributed by atoms with van der Waals surface area (Å²) >= 11 is 0. The van der Waals surface area contributed by atoms with E-state index in [1.165, 1.54) is 12.1 Å². The molecule has 8 heteroatoms. The van der Waals surface area contributed by atoms with Gasteiger partial charge in [0.15, 0.2) is 12.4 Å². The standard InChI is InChI=1S/C24H27F2NO5/c1-23(2,3)22(30)32-14-18(28)19(24(4,31)21(25)26)27-20(29)17-12-10-16(11-13-17)15-8-6-5-7-9-15/h5-13,19,21,31H,14H2,1-4H3,(H,27,29)/t19-,24+/m1/s1. The fourth-order valence-corrected chi connectivity index (χ4v) is 2.77. The monoisotopic (exact) mass is 447 g/mol. The van der Waals surface area contributed by atoms with E-state index in [-0.39, 0.29) is 5.56 Å². The molecule has 2 atom stereocenters. The molecule has 0 aliphatic rings. The third-order valence-electron chi connectivity index (χ3n) is 4.84. The maximum Gasteiger partial charge on any atom is 0.311 e. The van der Waals surface area contributed by atoms with E-state index >= 15 is 0 Å². The number of ketones is 1. The molecule has 0 heterocycles. The largest absolute Gasteiger partial charge is 0.457 e. The zero-order valence-electron chi connectivity index (χ0n) is 18.4. The first-order valence-corrected chi connectivity index (χ1v) is 10.0. The Bertz CT molecular complexity index is 951. The summed E-state index contributed by atoms with van der Waals surface area (Å²) in [6.07, 6.45) is -3.34. The van der Waals surface area contributed by atoms with Crippen LogP contribution in [0.2, 0.25) is 0 Å². The van der Waals surface area contributed by atoms with E-state index in [0.29, 0.717) is 0 Å². The lowest BCUT2D eigenvalue weighted by molar-refractivity contribution is -0.160. The minimum atomic E-state index is -3.34. The van der Waals surface area contributed by atoms with Crippen molar-refractivity contribution in [2.75, 3.05) is 6.61 Å². The molecule has 2 aromatic carbocycles. The van der Waals surface area contributed by atoms with Gasteiger partial charge in [-0.15, -0.1) is 0 Å². The van der Waals surface area contributed by atoms with Crippen LogP contribution in [-0.4, -0.2) is 47.4 Å². The van der Waals surface area contributed by atoms with Crippen LogP contribution in [0.3, 0.4) is 0 Å². The second-order valence-electron chi connectivity index (χ2n) is 8.67. The summed E-state index contributed by atoms with van der Waals surface area (Å²) < 4.78 is 31.8. The smallest absolute Gasteiger partial charge is 0.311 e. The van der Waals surface area contributed by atoms with Crippen molar-refractivity contribution in [2.45, 2.75) is 45.8 Å². The number of nitrogens with one attached hydrogen (secondary N) is 1. The summed E-state index contributed by atoms with van der Waals surface area (Å²) in [5.74, 6) is -2.60. The normalized spacial score (nSPS) is 14.4. The molecule has 2 aromatic rings. The van der Waals surface area contributed by atoms with Crippen molar-refractivity contribution in [1.82, 2.24) is 5.32 Å². The minimum Gasteiger partial charge on any atom is -0.457 e. The second-order valence-corrected chi connectivity index (χ2v) is 8.67. The molecule has 32 heavy (non-hydrogen) atoms. The Morgan fingerprint density at radius 1 is 0.938 bits per heavy atom. The highest BCUT2D eigenvalue weighted by molar-refractivity contribution is 5.99. The highest BCUT2D eigenvalue weighted by atomic mass is 19.3. The van der Waals surface area contributed by atoms with E-state index in [1.54, 1.807) is 32.9 Å². The van der Waals surface area contributed by atoms with Gasteiger partial charge in [0, 0.05) is 5.56 Å². The van der Waals surface area contributed by atoms with Crippen molar-refractivity contribution in [1.29, 1.82) is 0 Å². The molecule has 0 saturated heterocycles. The van der Waals surface area contributed by atoms with Crippen molar-refractivity contribution in [2.24, 2.45) is 5.41 Å². The number of alkyl halides is 2. The van der Waals surface area contributed by atoms with Crippen molar-refractivity contribution >= 4 is 17.7 Å². The van der Waals surface area contributed by atoms with E-state index < -0.39 is 47.7 Å². The molecular weight excluding hydrogens is 420 g/mol. The van der Waals surface area contributed by atoms with Crippen LogP contribution < -0.4 is 5.32 Å². The second kappa shape index (κ2) is 9.99. The summed E-state index contributed by atoms with van der Waals surface area (Å²) in [5, 5.41) is 12.4. The van der Waals surface area contributed by atoms with Crippen LogP contribution in [0, 0.1) is 5.41 Å². The summed E-state index contributed by atoms with van der Waals surface area (Å²) in [4.78, 5) is 37.1. The molecule has 172 valence electrons. The Hall–Kier alpha value is -3.13. The van der Waals surface area contributed by atoms with Gasteiger partial charge >= 0.3 is 5.97 Å². The van der Waals surface area contributed by atoms with E-state index in [0.717, 1.165) is 18.1 Å². The number of rotatable bonds is 8. The maximum atomic E-state index is 13.4. The van der Waals surface area contributed by atoms with Gasteiger partial charge in [0.2, 0.25) is 0 Å². The average molecular weight is 447 g/mol. The molecule has 0 aliphatic heterocycles. The molecule has 6 nitrogen and oxygen atoms in total. The molecule has 0 spiro atoms. The van der Waals surface area contributed by atoms with Crippen LogP contribution in [-0.2, 0) is 14.3 Å². The molecule has 1 amide bonds. The number of amides is 1. The fraction of sp³-hybridized carbons (Fsp3) is 0.375. The fourth-order valence-electron chi connectivity index (χ4n) is 2.77. The number of hydrogen-bond donors (Lipinski definition) is 2. The summed E-state index contributed by atoms with van der Waals surface area (Å²) in [6, 6.07) is 13.7. The van der Waals surface area contributed by atoms with Gasteiger partial charge in [-0.1, -0.05) is 42.5 Å². The number of esters is 1. The molecule has 2 N–H and O–H groups in total. The van der Waals surface area contributed by atoms with Crippen LogP contribution in [0.5, 0.6) is 0 Å². The number of aliphatic hydroxyl groups is 1. The van der Waals surface area contributed by atoms with Crippen LogP contribution in [0.4, 0.5) is 8.78 Å². The van der Waals surface area contributed by atoms with Gasteiger partial charge in [0.05, 0.1) is 5.41 Å². The van der Waals surface area contributed by atoms with E-state index in [9.17, 15) is 28.3 Å². The summed E-state index contributed by atoms with van der Waals surface area (Å²) in [6.45, 7) is 4.57. The van der Waals surface area contributed by atoms with Crippen molar-refractivity contribution in [3.63, 3.8) is 0 Å². The number of ether oxygens (including phenoxy) is 1. The average Bonchev–Trinajstić information content (AvgIpc) is 2.75. The summed E-state index contributed by atoms with van der Waals surface area (Å²) in [5.41, 5.74) is -1.91. The Kier molecular flexibility index (Phi) is 7.85. The third-order valence-corrected chi connectivity index (χ3v) is 4.84. The summed E-state index contributed by atoms with van der Waals surface area (Å²) in [7, 11) is 0. The molecule has 0 aliphatic carbocycles. The molecule has 0 fully saturated rings. The Morgan fingerprint density at radius 3 is 1.97 bits per heavy atom. The highest BCUT2D eigenvalue weighted by Crippen LogP contribution is 2.23. The number of benzene rings is 2. The lowest BCUT2D eigenvalue weighted by atomic mass is 9.92. The van der Waals surface area contributed by atoms with Crippen LogP contribution >= 0.6 is 0 Å². The number of carbonyl (C=O) groups excluding carboxylic acids is 3. The van der Waals surface area contributed by atoms with Crippen LogP contribution in [0.25, 0.3) is 11.1 Å². The molecule has 0 bridgehead atoms. The molecule has 0 unspecified atom stereocenters. The van der Waals surface area contributed by atoms with Crippen LogP contribution in [0.1, 0.15) is 38.1 Å². The zero-order valence-corrected chi connectivity index (χ0v) is 18.4. The molecule has 0 saturated carbocycles. The van der Waals surface area contributed by atoms with Crippen molar-refractivity contribution in [3.8, 4) is 11.1 Å². The van der Waals surface area contributed by atoms with E-state index in [2.05, 4.69) is 5.32 Å². The minimum absolute atomic E-state index is 0.110. The van der Waals surface area contributed by atoms with Crippen LogP contribution in [0.15, 0.2) is 54.6 Å². The maximum absolute atomic E-state index is 13.4. The van der Waals surface area contributed by atoms with Gasteiger partial charge in [-0.3, -0.25) is 14.4 Å². The van der Waals surface area contributed by atoms with Crippen molar-refractivity contribution in [3.05, 3.63) is 60.2 Å². The van der Waals surface area contributed by atoms with Crippen molar-refractivity contribution < 1.29 is 33.0 Å². The zero-order chi connectivity index (χ0) is 24.1. The van der Waals surface area contributed by atoms with Gasteiger partial charge < -0.3 is 15.2 Å².